The Hall–Kier alpha value is -2.22. The molecule has 1 aromatic heterocycles. The lowest BCUT2D eigenvalue weighted by atomic mass is 10.3. The molecule has 21 heavy (non-hydrogen) atoms. The number of esters is 1. The van der Waals surface area contributed by atoms with Gasteiger partial charge in [0.2, 0.25) is 5.82 Å². The van der Waals surface area contributed by atoms with Crippen molar-refractivity contribution < 1.29 is 19.4 Å². The molecule has 0 amide bonds. The van der Waals surface area contributed by atoms with Gasteiger partial charge in [-0.2, -0.15) is 0 Å². The van der Waals surface area contributed by atoms with Gasteiger partial charge in [-0.15, -0.1) is 0 Å². The van der Waals surface area contributed by atoms with Crippen LogP contribution in [0.25, 0.3) is 0 Å². The summed E-state index contributed by atoms with van der Waals surface area (Å²) in [6.45, 7) is 2.84. The average molecular weight is 294 g/mol. The molecular weight excluding hydrogens is 276 g/mol. The molecule has 114 valence electrons. The summed E-state index contributed by atoms with van der Waals surface area (Å²) in [6.07, 6.45) is 2.36. The van der Waals surface area contributed by atoms with E-state index >= 15 is 0 Å². The van der Waals surface area contributed by atoms with Crippen LogP contribution < -0.4 is 4.90 Å². The number of aliphatic carboxylic acids is 1. The lowest BCUT2D eigenvalue weighted by molar-refractivity contribution is -0.138. The molecule has 0 aliphatic carbocycles. The summed E-state index contributed by atoms with van der Waals surface area (Å²) in [5.74, 6) is -0.707. The average Bonchev–Trinajstić information content (AvgIpc) is 2.71. The van der Waals surface area contributed by atoms with Crippen molar-refractivity contribution in [1.29, 1.82) is 0 Å². The molecule has 0 bridgehead atoms. The largest absolute Gasteiger partial charge is 0.480 e. The minimum atomic E-state index is -0.821. The molecule has 1 aliphatic heterocycles. The summed E-state index contributed by atoms with van der Waals surface area (Å²) in [5, 5.41) is 8.84. The predicted molar refractivity (Wildman–Crippen MR) is 74.3 cm³/mol. The molecule has 1 aliphatic rings. The standard InChI is InChI=1S/C13H18N4O4/c1-21-13(20)12-14-4-3-10(15-12)17-6-2-5-16(7-8-17)9-11(18)19/h3-4H,2,5-9H2,1H3,(H,18,19). The first-order valence-electron chi connectivity index (χ1n) is 6.70. The van der Waals surface area contributed by atoms with Gasteiger partial charge in [0.15, 0.2) is 0 Å². The smallest absolute Gasteiger partial charge is 0.376 e. The summed E-state index contributed by atoms with van der Waals surface area (Å²) in [5.41, 5.74) is 0. The topological polar surface area (TPSA) is 95.9 Å². The molecule has 1 fully saturated rings. The van der Waals surface area contributed by atoms with Crippen LogP contribution in [0.1, 0.15) is 17.0 Å². The predicted octanol–water partition coefficient (Wildman–Crippen LogP) is -0.140. The van der Waals surface area contributed by atoms with E-state index in [2.05, 4.69) is 14.7 Å². The Labute approximate surface area is 122 Å². The maximum Gasteiger partial charge on any atom is 0.376 e. The van der Waals surface area contributed by atoms with E-state index < -0.39 is 11.9 Å². The van der Waals surface area contributed by atoms with Crippen molar-refractivity contribution in [3.8, 4) is 0 Å². The number of carboxylic acid groups (broad SMARTS) is 1. The van der Waals surface area contributed by atoms with Crippen LogP contribution >= 0.6 is 0 Å². The van der Waals surface area contributed by atoms with Crippen LogP contribution in [0, 0.1) is 0 Å². The lowest BCUT2D eigenvalue weighted by Gasteiger charge is -2.22. The minimum Gasteiger partial charge on any atom is -0.480 e. The van der Waals surface area contributed by atoms with E-state index in [1.54, 1.807) is 6.07 Å². The van der Waals surface area contributed by atoms with Gasteiger partial charge < -0.3 is 14.7 Å². The summed E-state index contributed by atoms with van der Waals surface area (Å²) < 4.78 is 4.61. The van der Waals surface area contributed by atoms with Crippen LogP contribution in [-0.4, -0.2) is 71.7 Å². The maximum atomic E-state index is 11.5. The molecular formula is C13H18N4O4. The zero-order valence-electron chi connectivity index (χ0n) is 11.9. The highest BCUT2D eigenvalue weighted by atomic mass is 16.5. The molecule has 0 saturated carbocycles. The zero-order chi connectivity index (χ0) is 15.2. The van der Waals surface area contributed by atoms with Gasteiger partial charge in [0, 0.05) is 32.4 Å². The Morgan fingerprint density at radius 3 is 2.86 bits per heavy atom. The highest BCUT2D eigenvalue weighted by Crippen LogP contribution is 2.13. The highest BCUT2D eigenvalue weighted by Gasteiger charge is 2.19. The Bertz CT molecular complexity index is 523. The molecule has 8 nitrogen and oxygen atoms in total. The molecule has 8 heteroatoms. The number of methoxy groups -OCH3 is 1. The molecule has 0 radical (unpaired) electrons. The fourth-order valence-corrected chi connectivity index (χ4v) is 2.26. The van der Waals surface area contributed by atoms with Gasteiger partial charge >= 0.3 is 11.9 Å². The van der Waals surface area contributed by atoms with Crippen molar-refractivity contribution in [2.45, 2.75) is 6.42 Å². The quantitative estimate of drug-likeness (QED) is 0.767. The van der Waals surface area contributed by atoms with Gasteiger partial charge in [-0.3, -0.25) is 9.69 Å². The van der Waals surface area contributed by atoms with Crippen molar-refractivity contribution in [3.05, 3.63) is 18.1 Å². The molecule has 1 saturated heterocycles. The van der Waals surface area contributed by atoms with Gasteiger partial charge in [-0.25, -0.2) is 14.8 Å². The van der Waals surface area contributed by atoms with Crippen molar-refractivity contribution >= 4 is 17.8 Å². The van der Waals surface area contributed by atoms with E-state index in [0.29, 0.717) is 18.9 Å². The van der Waals surface area contributed by atoms with Gasteiger partial charge in [0.25, 0.3) is 0 Å². The Morgan fingerprint density at radius 2 is 2.14 bits per heavy atom. The summed E-state index contributed by atoms with van der Waals surface area (Å²) >= 11 is 0. The third kappa shape index (κ3) is 4.12. The van der Waals surface area contributed by atoms with Crippen molar-refractivity contribution in [1.82, 2.24) is 14.9 Å². The molecule has 0 aromatic carbocycles. The minimum absolute atomic E-state index is 0.0293. The van der Waals surface area contributed by atoms with E-state index in [9.17, 15) is 9.59 Å². The van der Waals surface area contributed by atoms with E-state index in [-0.39, 0.29) is 12.4 Å². The lowest BCUT2D eigenvalue weighted by Crippen LogP contribution is -2.34. The van der Waals surface area contributed by atoms with E-state index in [1.165, 1.54) is 13.3 Å². The zero-order valence-corrected chi connectivity index (χ0v) is 11.9. The second-order valence-corrected chi connectivity index (χ2v) is 4.74. The van der Waals surface area contributed by atoms with Crippen LogP contribution in [-0.2, 0) is 9.53 Å². The van der Waals surface area contributed by atoms with E-state index in [1.807, 2.05) is 9.80 Å². The fraction of sp³-hybridized carbons (Fsp3) is 0.538. The molecule has 1 aromatic rings. The number of carbonyl (C=O) groups is 2. The maximum absolute atomic E-state index is 11.5. The normalized spacial score (nSPS) is 16.3. The van der Waals surface area contributed by atoms with Crippen LogP contribution in [0.3, 0.4) is 0 Å². The fourth-order valence-electron chi connectivity index (χ4n) is 2.26. The van der Waals surface area contributed by atoms with Crippen LogP contribution in [0.4, 0.5) is 5.82 Å². The Balaban J connectivity index is 2.05. The number of aromatic nitrogens is 2. The number of anilines is 1. The first-order chi connectivity index (χ1) is 10.1. The third-order valence-electron chi connectivity index (χ3n) is 3.28. The van der Waals surface area contributed by atoms with Crippen molar-refractivity contribution in [2.24, 2.45) is 0 Å². The third-order valence-corrected chi connectivity index (χ3v) is 3.28. The van der Waals surface area contributed by atoms with E-state index in [0.717, 1.165) is 19.5 Å². The number of carboxylic acids is 1. The molecule has 2 heterocycles. The monoisotopic (exact) mass is 294 g/mol. The second kappa shape index (κ2) is 6.98. The first-order valence-corrected chi connectivity index (χ1v) is 6.70. The number of nitrogens with zero attached hydrogens (tertiary/aromatic N) is 4. The number of rotatable bonds is 4. The van der Waals surface area contributed by atoms with Crippen molar-refractivity contribution in [3.63, 3.8) is 0 Å². The number of hydrogen-bond donors (Lipinski definition) is 1. The highest BCUT2D eigenvalue weighted by molar-refractivity contribution is 5.85. The molecule has 0 atom stereocenters. The molecule has 1 N–H and O–H groups in total. The number of hydrogen-bond acceptors (Lipinski definition) is 7. The second-order valence-electron chi connectivity index (χ2n) is 4.74. The van der Waals surface area contributed by atoms with Gasteiger partial charge in [0.1, 0.15) is 5.82 Å². The molecule has 2 rings (SSSR count). The van der Waals surface area contributed by atoms with Crippen molar-refractivity contribution in [2.75, 3.05) is 44.7 Å². The Kier molecular flexibility index (Phi) is 5.04. The SMILES string of the molecule is COC(=O)c1nccc(N2CCCN(CC(=O)O)CC2)n1. The summed E-state index contributed by atoms with van der Waals surface area (Å²) in [6, 6.07) is 1.74. The Morgan fingerprint density at radius 1 is 1.33 bits per heavy atom. The van der Waals surface area contributed by atoms with Crippen LogP contribution in [0.2, 0.25) is 0 Å². The van der Waals surface area contributed by atoms with E-state index in [4.69, 9.17) is 5.11 Å². The van der Waals surface area contributed by atoms with Gasteiger partial charge in [-0.1, -0.05) is 0 Å². The molecule has 0 spiro atoms. The summed E-state index contributed by atoms with van der Waals surface area (Å²) in [7, 11) is 1.29. The number of carbonyl (C=O) groups excluding carboxylic acids is 1. The number of ether oxygens (including phenoxy) is 1. The first kappa shape index (κ1) is 15.2. The van der Waals surface area contributed by atoms with Gasteiger partial charge in [0.05, 0.1) is 13.7 Å². The molecule has 0 unspecified atom stereocenters. The van der Waals surface area contributed by atoms with Gasteiger partial charge in [-0.05, 0) is 12.5 Å². The van der Waals surface area contributed by atoms with Crippen LogP contribution in [0.5, 0.6) is 0 Å². The van der Waals surface area contributed by atoms with Crippen LogP contribution in [0.15, 0.2) is 12.3 Å². The summed E-state index contributed by atoms with van der Waals surface area (Å²) in [4.78, 5) is 34.2.